The lowest BCUT2D eigenvalue weighted by Crippen LogP contribution is -2.69. The van der Waals surface area contributed by atoms with E-state index in [4.69, 9.17) is 52.1 Å². The van der Waals surface area contributed by atoms with Gasteiger partial charge in [-0.1, -0.05) is 6.92 Å². The zero-order valence-electron chi connectivity index (χ0n) is 35.0. The molecule has 25 heteroatoms. The van der Waals surface area contributed by atoms with Gasteiger partial charge in [-0.15, -0.1) is 0 Å². The number of hydrogen-bond acceptors (Lipinski definition) is 24. The van der Waals surface area contributed by atoms with E-state index in [0.29, 0.717) is 6.42 Å². The monoisotopic (exact) mass is 905 g/mol. The summed E-state index contributed by atoms with van der Waals surface area (Å²) in [5.74, 6) is -1.50. The quantitative estimate of drug-likeness (QED) is 0.0680. The van der Waals surface area contributed by atoms with Crippen molar-refractivity contribution in [3.05, 3.63) is 0 Å². The number of rotatable bonds is 15. The van der Waals surface area contributed by atoms with Gasteiger partial charge < -0.3 is 114 Å². The second-order valence-corrected chi connectivity index (χ2v) is 16.1. The van der Waals surface area contributed by atoms with E-state index in [1.165, 1.54) is 27.7 Å². The lowest BCUT2D eigenvalue weighted by molar-refractivity contribution is -0.396. The summed E-state index contributed by atoms with van der Waals surface area (Å²) in [6.07, 6.45) is -38.6. The van der Waals surface area contributed by atoms with E-state index < -0.39 is 179 Å². The van der Waals surface area contributed by atoms with Crippen LogP contribution in [-0.4, -0.2) is 241 Å². The van der Waals surface area contributed by atoms with Gasteiger partial charge >= 0.3 is 5.97 Å². The number of amides is 1. The smallest absolute Gasteiger partial charge is 0.303 e. The summed E-state index contributed by atoms with van der Waals surface area (Å²) in [6.45, 7) is 6.82. The number of nitrogens with one attached hydrogen (secondary N) is 1. The molecule has 5 heterocycles. The number of carbonyl (C=O) groups excluding carboxylic acids is 2. The molecule has 5 rings (SSSR count). The van der Waals surface area contributed by atoms with Gasteiger partial charge in [0.2, 0.25) is 5.91 Å². The molecule has 0 bridgehead atoms. The van der Waals surface area contributed by atoms with Crippen LogP contribution < -0.4 is 5.32 Å². The molecule has 5 aliphatic heterocycles. The minimum atomic E-state index is -1.99. The third-order valence-electron chi connectivity index (χ3n) is 11.3. The van der Waals surface area contributed by atoms with Crippen LogP contribution >= 0.6 is 0 Å². The second kappa shape index (κ2) is 22.1. The molecule has 0 radical (unpaired) electrons. The van der Waals surface area contributed by atoms with Crippen LogP contribution in [0.1, 0.15) is 48.0 Å². The zero-order chi connectivity index (χ0) is 45.9. The first-order valence-electron chi connectivity index (χ1n) is 20.5. The second-order valence-electron chi connectivity index (χ2n) is 16.1. The van der Waals surface area contributed by atoms with Crippen molar-refractivity contribution in [3.8, 4) is 0 Å². The van der Waals surface area contributed by atoms with Crippen molar-refractivity contribution in [1.82, 2.24) is 5.32 Å². The van der Waals surface area contributed by atoms with Crippen molar-refractivity contribution >= 4 is 11.9 Å². The summed E-state index contributed by atoms with van der Waals surface area (Å²) in [4.78, 5) is 25.0. The summed E-state index contributed by atoms with van der Waals surface area (Å²) in [5, 5.41) is 121. The normalized spacial score (nSPS) is 49.0. The molecule has 0 aromatic heterocycles. The Labute approximate surface area is 356 Å². The van der Waals surface area contributed by atoms with Gasteiger partial charge in [-0.05, 0) is 27.2 Å². The average Bonchev–Trinajstić information content (AvgIpc) is 3.22. The van der Waals surface area contributed by atoms with Crippen LogP contribution in [0.25, 0.3) is 0 Å². The highest BCUT2D eigenvalue weighted by Crippen LogP contribution is 2.37. The molecule has 0 aliphatic carbocycles. The SMILES string of the molecule is CCCO[C@@H]1OC(CO)[C@@H](O)[C@H](O[C@@H]2OC(C)[C@H](O)[C@H](O[C@@H]3OC(C)[C@H](O)[C@H](O)C3O[C@@H]3OC(C)[C@H](O)[C@H](O[C@H]4O[C@@H](CO)[C@@H](O)C(O)C4O)C3O)C2OC(C)=O)C1NC(C)=O. The average molecular weight is 906 g/mol. The van der Waals surface area contributed by atoms with Crippen LogP contribution in [0.2, 0.25) is 0 Å². The van der Waals surface area contributed by atoms with Gasteiger partial charge in [-0.3, -0.25) is 9.59 Å². The largest absolute Gasteiger partial charge is 0.454 e. The first-order chi connectivity index (χ1) is 29.2. The van der Waals surface area contributed by atoms with E-state index in [9.17, 15) is 65.8 Å². The van der Waals surface area contributed by atoms with Gasteiger partial charge in [-0.25, -0.2) is 0 Å². The Bertz CT molecular complexity index is 1430. The number of aliphatic hydroxyl groups is 11. The fourth-order valence-corrected chi connectivity index (χ4v) is 7.89. The minimum Gasteiger partial charge on any atom is -0.454 e. The molecule has 10 unspecified atom stereocenters. The Balaban J connectivity index is 1.42. The Morgan fingerprint density at radius 2 is 0.984 bits per heavy atom. The minimum absolute atomic E-state index is 0.148. The summed E-state index contributed by atoms with van der Waals surface area (Å²) in [5.41, 5.74) is 0. The van der Waals surface area contributed by atoms with Crippen molar-refractivity contribution in [2.45, 2.75) is 201 Å². The van der Waals surface area contributed by atoms with E-state index in [0.717, 1.165) is 6.92 Å². The molecule has 0 spiro atoms. The summed E-state index contributed by atoms with van der Waals surface area (Å²) in [7, 11) is 0. The first-order valence-corrected chi connectivity index (χ1v) is 20.5. The maximum Gasteiger partial charge on any atom is 0.303 e. The third kappa shape index (κ3) is 11.2. The molecule has 0 aromatic carbocycles. The highest BCUT2D eigenvalue weighted by molar-refractivity contribution is 5.73. The highest BCUT2D eigenvalue weighted by Gasteiger charge is 2.57. The lowest BCUT2D eigenvalue weighted by Gasteiger charge is -2.50. The molecule has 25 nitrogen and oxygen atoms in total. The molecular weight excluding hydrogens is 842 g/mol. The van der Waals surface area contributed by atoms with Crippen LogP contribution in [0.5, 0.6) is 0 Å². The molecule has 12 N–H and O–H groups in total. The Morgan fingerprint density at radius 1 is 0.500 bits per heavy atom. The maximum atomic E-state index is 12.6. The first kappa shape index (κ1) is 51.1. The van der Waals surface area contributed by atoms with Crippen LogP contribution in [0.4, 0.5) is 0 Å². The molecule has 5 saturated heterocycles. The number of hydrogen-bond donors (Lipinski definition) is 12. The zero-order valence-corrected chi connectivity index (χ0v) is 35.0. The highest BCUT2D eigenvalue weighted by atomic mass is 16.8. The fourth-order valence-electron chi connectivity index (χ4n) is 7.89. The summed E-state index contributed by atoms with van der Waals surface area (Å²) >= 11 is 0. The number of aliphatic hydroxyl groups excluding tert-OH is 11. The van der Waals surface area contributed by atoms with Gasteiger partial charge in [0.25, 0.3) is 0 Å². The Kier molecular flexibility index (Phi) is 18.2. The van der Waals surface area contributed by atoms with Gasteiger partial charge in [0.05, 0.1) is 31.5 Å². The van der Waals surface area contributed by atoms with E-state index in [1.807, 2.05) is 6.92 Å². The molecule has 0 saturated carbocycles. The van der Waals surface area contributed by atoms with Crippen molar-refractivity contribution in [2.24, 2.45) is 0 Å². The Morgan fingerprint density at radius 3 is 1.56 bits per heavy atom. The van der Waals surface area contributed by atoms with Gasteiger partial charge in [-0.2, -0.15) is 0 Å². The van der Waals surface area contributed by atoms with E-state index >= 15 is 0 Å². The summed E-state index contributed by atoms with van der Waals surface area (Å²) in [6, 6.07) is -1.23. The molecule has 5 aliphatic rings. The van der Waals surface area contributed by atoms with Crippen LogP contribution in [0.3, 0.4) is 0 Å². The van der Waals surface area contributed by atoms with Gasteiger partial charge in [0, 0.05) is 20.5 Å². The number of carbonyl (C=O) groups is 2. The predicted molar refractivity (Wildman–Crippen MR) is 197 cm³/mol. The summed E-state index contributed by atoms with van der Waals surface area (Å²) < 4.78 is 64.3. The van der Waals surface area contributed by atoms with Crippen LogP contribution in [0.15, 0.2) is 0 Å². The molecule has 1 amide bonds. The van der Waals surface area contributed by atoms with Crippen molar-refractivity contribution in [2.75, 3.05) is 19.8 Å². The molecular formula is C37H63NO24. The van der Waals surface area contributed by atoms with Crippen molar-refractivity contribution in [1.29, 1.82) is 0 Å². The maximum absolute atomic E-state index is 12.6. The Hall–Kier alpha value is -1.90. The van der Waals surface area contributed by atoms with Crippen molar-refractivity contribution in [3.63, 3.8) is 0 Å². The van der Waals surface area contributed by atoms with Crippen molar-refractivity contribution < 1.29 is 118 Å². The molecule has 0 aromatic rings. The molecule has 360 valence electrons. The standard InChI is InChI=1S/C37H63NO24/c1-7-8-52-33-18(38-14(5)41)28(23(47)17(10-40)57-33)59-37-32(56-15(6)42)30(21(45)13(4)55-37)61-36-31(25(49)19(43)11(2)54-36)62-35-27(51)29(20(44)12(3)53-35)60-34-26(50)24(48)22(46)16(9-39)58-34/h11-13,16-37,39-40,43-51H,7-10H2,1-6H3,(H,38,41)/t11?,12?,13?,16-,17?,18?,19-,20-,21-,22+,23+,24?,25-,26?,27?,28+,29-,30-,31?,32?,33+,34+,35-,36-,37-/m0/s1. The van der Waals surface area contributed by atoms with E-state index in [-0.39, 0.29) is 6.61 Å². The lowest BCUT2D eigenvalue weighted by atomic mass is 9.95. The van der Waals surface area contributed by atoms with Crippen LogP contribution in [-0.2, 0) is 61.7 Å². The van der Waals surface area contributed by atoms with E-state index in [1.54, 1.807) is 0 Å². The predicted octanol–water partition coefficient (Wildman–Crippen LogP) is -6.69. The number of esters is 1. The van der Waals surface area contributed by atoms with Crippen LogP contribution in [0, 0.1) is 0 Å². The third-order valence-corrected chi connectivity index (χ3v) is 11.3. The van der Waals surface area contributed by atoms with E-state index in [2.05, 4.69) is 5.32 Å². The molecule has 62 heavy (non-hydrogen) atoms. The molecule has 5 fully saturated rings. The fraction of sp³-hybridized carbons (Fsp3) is 0.946. The van der Waals surface area contributed by atoms with Gasteiger partial charge in [0.15, 0.2) is 37.6 Å². The molecule has 25 atom stereocenters. The topological polar surface area (TPSA) is 370 Å². The number of ether oxygens (including phenoxy) is 11. The van der Waals surface area contributed by atoms with Gasteiger partial charge in [0.1, 0.15) is 97.6 Å².